The Labute approximate surface area is 130 Å². The van der Waals surface area contributed by atoms with Gasteiger partial charge in [-0.25, -0.2) is 0 Å². The smallest absolute Gasteiger partial charge is 0.311 e. The van der Waals surface area contributed by atoms with Gasteiger partial charge in [0.25, 0.3) is 11.1 Å². The van der Waals surface area contributed by atoms with Gasteiger partial charge in [0, 0.05) is 12.1 Å². The van der Waals surface area contributed by atoms with Crippen LogP contribution in [0, 0.1) is 10.1 Å². The Morgan fingerprint density at radius 1 is 1.45 bits per heavy atom. The molecule has 0 radical (unpaired) electrons. The molecule has 0 bridgehead atoms. The predicted octanol–water partition coefficient (Wildman–Crippen LogP) is 3.14. The first kappa shape index (κ1) is 16.0. The van der Waals surface area contributed by atoms with Crippen molar-refractivity contribution in [3.05, 3.63) is 38.8 Å². The maximum Gasteiger partial charge on any atom is 0.311 e. The summed E-state index contributed by atoms with van der Waals surface area (Å²) in [5.41, 5.74) is -0.0749. The molecule has 1 fully saturated rings. The van der Waals surface area contributed by atoms with Crippen molar-refractivity contribution in [3.8, 4) is 5.75 Å². The zero-order valence-corrected chi connectivity index (χ0v) is 12.8. The molecule has 0 aliphatic carbocycles. The van der Waals surface area contributed by atoms with Crippen molar-refractivity contribution in [1.29, 1.82) is 0 Å². The van der Waals surface area contributed by atoms with E-state index in [-0.39, 0.29) is 16.2 Å². The number of phenolic OH excluding ortho intramolecular Hbond substituents is 1. The molecular weight excluding hydrogens is 308 g/mol. The number of benzene rings is 1. The fraction of sp³-hybridized carbons (Fsp3) is 0.286. The van der Waals surface area contributed by atoms with Gasteiger partial charge in [-0.1, -0.05) is 13.0 Å². The van der Waals surface area contributed by atoms with Crippen LogP contribution in [0.5, 0.6) is 5.75 Å². The molecule has 1 N–H and O–H groups in total. The molecule has 1 aliphatic heterocycles. The van der Waals surface area contributed by atoms with Gasteiger partial charge in [0.1, 0.15) is 0 Å². The number of aromatic hydroxyl groups is 1. The molecule has 0 saturated carbocycles. The van der Waals surface area contributed by atoms with Crippen molar-refractivity contribution >= 4 is 34.7 Å². The van der Waals surface area contributed by atoms with E-state index < -0.39 is 22.3 Å². The standard InChI is InChI=1S/C14H14N2O5S/c1-3-8(2)15-13(18)12(22-14(15)19)7-9-4-5-11(17)10(6-9)16(20)21/h4-8,17H,3H2,1-2H3/b12-7+/t8-/m0/s1. The van der Waals surface area contributed by atoms with E-state index in [9.17, 15) is 24.8 Å². The minimum atomic E-state index is -0.711. The second kappa shape index (κ2) is 6.18. The number of thioether (sulfide) groups is 1. The quantitative estimate of drug-likeness (QED) is 0.519. The lowest BCUT2D eigenvalue weighted by Gasteiger charge is -2.19. The third kappa shape index (κ3) is 2.96. The molecular formula is C14H14N2O5S. The van der Waals surface area contributed by atoms with Gasteiger partial charge in [0.15, 0.2) is 5.75 Å². The van der Waals surface area contributed by atoms with Gasteiger partial charge < -0.3 is 5.11 Å². The average molecular weight is 322 g/mol. The lowest BCUT2D eigenvalue weighted by molar-refractivity contribution is -0.385. The summed E-state index contributed by atoms with van der Waals surface area (Å²) in [6, 6.07) is 3.59. The molecule has 0 spiro atoms. The number of hydrogen-bond acceptors (Lipinski definition) is 6. The van der Waals surface area contributed by atoms with Crippen LogP contribution in [0.4, 0.5) is 10.5 Å². The van der Waals surface area contributed by atoms with Crippen molar-refractivity contribution < 1.29 is 19.6 Å². The molecule has 1 aromatic rings. The topological polar surface area (TPSA) is 101 Å². The Balaban J connectivity index is 2.35. The van der Waals surface area contributed by atoms with Gasteiger partial charge in [-0.3, -0.25) is 24.6 Å². The van der Waals surface area contributed by atoms with Crippen molar-refractivity contribution in [2.45, 2.75) is 26.3 Å². The van der Waals surface area contributed by atoms with Crippen LogP contribution in [0.3, 0.4) is 0 Å². The van der Waals surface area contributed by atoms with Gasteiger partial charge in [0.05, 0.1) is 9.83 Å². The fourth-order valence-corrected chi connectivity index (χ4v) is 2.90. The molecule has 1 aromatic carbocycles. The van der Waals surface area contributed by atoms with E-state index in [1.165, 1.54) is 23.1 Å². The van der Waals surface area contributed by atoms with Crippen molar-refractivity contribution in [2.75, 3.05) is 0 Å². The molecule has 8 heteroatoms. The summed E-state index contributed by atoms with van der Waals surface area (Å²) in [7, 11) is 0. The first-order valence-corrected chi connectivity index (χ1v) is 7.41. The van der Waals surface area contributed by atoms with Crippen molar-refractivity contribution in [2.24, 2.45) is 0 Å². The third-order valence-corrected chi connectivity index (χ3v) is 4.23. The SMILES string of the molecule is CC[C@H](C)N1C(=O)S/C(=C/c2ccc(O)c([N+](=O)[O-])c2)C1=O. The fourth-order valence-electron chi connectivity index (χ4n) is 1.97. The summed E-state index contributed by atoms with van der Waals surface area (Å²) in [6.07, 6.45) is 2.07. The van der Waals surface area contributed by atoms with Gasteiger partial charge in [-0.15, -0.1) is 0 Å². The van der Waals surface area contributed by atoms with Gasteiger partial charge in [0.2, 0.25) is 0 Å². The molecule has 7 nitrogen and oxygen atoms in total. The highest BCUT2D eigenvalue weighted by Gasteiger charge is 2.37. The maximum atomic E-state index is 12.2. The number of hydrogen-bond donors (Lipinski definition) is 1. The second-order valence-corrected chi connectivity index (χ2v) is 5.81. The number of amides is 2. The number of phenols is 1. The monoisotopic (exact) mass is 322 g/mol. The van der Waals surface area contributed by atoms with Crippen molar-refractivity contribution in [1.82, 2.24) is 4.90 Å². The molecule has 1 aliphatic rings. The highest BCUT2D eigenvalue weighted by atomic mass is 32.2. The molecule has 0 aromatic heterocycles. The molecule has 22 heavy (non-hydrogen) atoms. The average Bonchev–Trinajstić information content (AvgIpc) is 2.74. The molecule has 0 unspecified atom stereocenters. The number of nitro benzene ring substituents is 1. The van der Waals surface area contributed by atoms with Crippen molar-refractivity contribution in [3.63, 3.8) is 0 Å². The Morgan fingerprint density at radius 3 is 2.73 bits per heavy atom. The highest BCUT2D eigenvalue weighted by Crippen LogP contribution is 2.35. The number of rotatable bonds is 4. The minimum absolute atomic E-state index is 0.201. The molecule has 116 valence electrons. The summed E-state index contributed by atoms with van der Waals surface area (Å²) < 4.78 is 0. The molecule has 1 heterocycles. The first-order valence-electron chi connectivity index (χ1n) is 6.59. The van der Waals surface area contributed by atoms with Crippen LogP contribution in [0.25, 0.3) is 6.08 Å². The summed E-state index contributed by atoms with van der Waals surface area (Å²) in [5.74, 6) is -0.852. The Bertz CT molecular complexity index is 686. The Hall–Kier alpha value is -2.35. The third-order valence-electron chi connectivity index (χ3n) is 3.35. The van der Waals surface area contributed by atoms with Crippen LogP contribution < -0.4 is 0 Å². The Morgan fingerprint density at radius 2 is 2.14 bits per heavy atom. The van der Waals surface area contributed by atoms with Crippen LogP contribution >= 0.6 is 11.8 Å². The maximum absolute atomic E-state index is 12.2. The number of carbonyl (C=O) groups excluding carboxylic acids is 2. The molecule has 1 saturated heterocycles. The summed E-state index contributed by atoms with van der Waals surface area (Å²) in [4.78, 5) is 35.6. The van der Waals surface area contributed by atoms with Gasteiger partial charge in [-0.05, 0) is 42.8 Å². The zero-order chi connectivity index (χ0) is 16.4. The summed E-state index contributed by atoms with van der Waals surface area (Å²) in [5, 5.41) is 19.9. The van der Waals surface area contributed by atoms with E-state index in [2.05, 4.69) is 0 Å². The van der Waals surface area contributed by atoms with E-state index in [1.807, 2.05) is 6.92 Å². The van der Waals surface area contributed by atoms with E-state index in [1.54, 1.807) is 6.92 Å². The summed E-state index contributed by atoms with van der Waals surface area (Å²) in [6.45, 7) is 3.66. The predicted molar refractivity (Wildman–Crippen MR) is 82.3 cm³/mol. The van der Waals surface area contributed by atoms with Crippen LogP contribution in [0.2, 0.25) is 0 Å². The first-order chi connectivity index (χ1) is 10.3. The van der Waals surface area contributed by atoms with Gasteiger partial charge >= 0.3 is 5.69 Å². The van der Waals surface area contributed by atoms with E-state index in [0.717, 1.165) is 17.8 Å². The minimum Gasteiger partial charge on any atom is -0.502 e. The largest absolute Gasteiger partial charge is 0.502 e. The Kier molecular flexibility index (Phi) is 4.51. The number of carbonyl (C=O) groups is 2. The van der Waals surface area contributed by atoms with E-state index >= 15 is 0 Å². The zero-order valence-electron chi connectivity index (χ0n) is 12.0. The molecule has 2 amide bonds. The van der Waals surface area contributed by atoms with Crippen LogP contribution in [-0.2, 0) is 4.79 Å². The number of nitrogens with zero attached hydrogens (tertiary/aromatic N) is 2. The summed E-state index contributed by atoms with van der Waals surface area (Å²) >= 11 is 0.805. The van der Waals surface area contributed by atoms with Crippen LogP contribution in [0.15, 0.2) is 23.1 Å². The van der Waals surface area contributed by atoms with E-state index in [0.29, 0.717) is 12.0 Å². The molecule has 1 atom stereocenters. The highest BCUT2D eigenvalue weighted by molar-refractivity contribution is 8.18. The number of imide groups is 1. The molecule has 2 rings (SSSR count). The second-order valence-electron chi connectivity index (χ2n) is 4.81. The van der Waals surface area contributed by atoms with Gasteiger partial charge in [-0.2, -0.15) is 0 Å². The lowest BCUT2D eigenvalue weighted by atomic mass is 10.1. The van der Waals surface area contributed by atoms with Crippen LogP contribution in [0.1, 0.15) is 25.8 Å². The van der Waals surface area contributed by atoms with E-state index in [4.69, 9.17) is 0 Å². The lowest BCUT2D eigenvalue weighted by Crippen LogP contribution is -2.36. The normalized spacial score (nSPS) is 18.1. The number of nitro groups is 1. The van der Waals surface area contributed by atoms with Crippen LogP contribution in [-0.4, -0.2) is 32.1 Å².